The Balaban J connectivity index is 1.40. The monoisotopic (exact) mass is 408 g/mol. The van der Waals surface area contributed by atoms with Crippen LogP contribution in [-0.2, 0) is 6.42 Å². The Kier molecular flexibility index (Phi) is 5.62. The first-order valence-corrected chi connectivity index (χ1v) is 10.0. The molecule has 29 heavy (non-hydrogen) atoms. The summed E-state index contributed by atoms with van der Waals surface area (Å²) >= 11 is 1.39. The Labute approximate surface area is 172 Å². The number of hydrogen-bond donors (Lipinski definition) is 0. The summed E-state index contributed by atoms with van der Waals surface area (Å²) in [7, 11) is 1.64. The Morgan fingerprint density at radius 2 is 1.69 bits per heavy atom. The number of nitrogens with zero attached hydrogens (tertiary/aromatic N) is 4. The predicted octanol–water partition coefficient (Wildman–Crippen LogP) is 4.88. The molecule has 2 heterocycles. The molecule has 8 heteroatoms. The molecule has 0 aliphatic carbocycles. The molecule has 4 rings (SSSR count). The maximum atomic E-state index is 5.82. The number of benzene rings is 2. The van der Waals surface area contributed by atoms with E-state index in [9.17, 15) is 0 Å². The van der Waals surface area contributed by atoms with Crippen LogP contribution in [0.5, 0.6) is 5.75 Å². The zero-order valence-corrected chi connectivity index (χ0v) is 17.1. The topological polar surface area (TPSA) is 87.1 Å². The summed E-state index contributed by atoms with van der Waals surface area (Å²) in [6.07, 6.45) is 0.560. The lowest BCUT2D eigenvalue weighted by Gasteiger charge is -2.02. The molecule has 0 N–H and O–H groups in total. The Bertz CT molecular complexity index is 1070. The van der Waals surface area contributed by atoms with E-state index in [1.54, 1.807) is 7.11 Å². The van der Waals surface area contributed by atoms with Gasteiger partial charge in [0.2, 0.25) is 17.7 Å². The van der Waals surface area contributed by atoms with E-state index < -0.39 is 0 Å². The molecule has 0 amide bonds. The van der Waals surface area contributed by atoms with Crippen LogP contribution in [0.4, 0.5) is 0 Å². The summed E-state index contributed by atoms with van der Waals surface area (Å²) < 4.78 is 16.8. The van der Waals surface area contributed by atoms with Crippen molar-refractivity contribution in [3.05, 3.63) is 71.4 Å². The fourth-order valence-corrected chi connectivity index (χ4v) is 3.42. The van der Waals surface area contributed by atoms with E-state index in [1.165, 1.54) is 17.3 Å². The maximum absolute atomic E-state index is 5.82. The molecule has 7 nitrogen and oxygen atoms in total. The summed E-state index contributed by atoms with van der Waals surface area (Å²) in [6.45, 7) is 4.00. The van der Waals surface area contributed by atoms with E-state index in [0.717, 1.165) is 16.9 Å². The molecule has 0 unspecified atom stereocenters. The van der Waals surface area contributed by atoms with Crippen molar-refractivity contribution in [2.45, 2.75) is 30.7 Å². The van der Waals surface area contributed by atoms with E-state index in [2.05, 4.69) is 20.4 Å². The predicted molar refractivity (Wildman–Crippen MR) is 109 cm³/mol. The first-order chi connectivity index (χ1) is 14.1. The van der Waals surface area contributed by atoms with Crippen molar-refractivity contribution in [1.29, 1.82) is 0 Å². The molecular formula is C21H20N4O3S. The number of aryl methyl sites for hydroxylation is 1. The second-order valence-electron chi connectivity index (χ2n) is 6.56. The van der Waals surface area contributed by atoms with Gasteiger partial charge in [0, 0.05) is 5.56 Å². The third-order valence-corrected chi connectivity index (χ3v) is 5.25. The van der Waals surface area contributed by atoms with Crippen LogP contribution in [0.15, 0.2) is 62.6 Å². The molecule has 0 fully saturated rings. The minimum atomic E-state index is -0.115. The highest BCUT2D eigenvalue weighted by Crippen LogP contribution is 2.34. The number of hydrogen-bond acceptors (Lipinski definition) is 8. The van der Waals surface area contributed by atoms with Crippen LogP contribution < -0.4 is 4.74 Å². The molecule has 2 aromatic carbocycles. The minimum absolute atomic E-state index is 0.115. The van der Waals surface area contributed by atoms with Gasteiger partial charge in [-0.1, -0.05) is 41.6 Å². The molecule has 0 saturated carbocycles. The molecule has 4 aromatic rings. The summed E-state index contributed by atoms with van der Waals surface area (Å²) in [4.78, 5) is 0. The average Bonchev–Trinajstić information content (AvgIpc) is 3.39. The van der Waals surface area contributed by atoms with E-state index >= 15 is 0 Å². The summed E-state index contributed by atoms with van der Waals surface area (Å²) in [6, 6.07) is 15.7. The number of thioether (sulfide) groups is 1. The Hall–Kier alpha value is -3.13. The first-order valence-electron chi connectivity index (χ1n) is 9.13. The lowest BCUT2D eigenvalue weighted by molar-refractivity contribution is 0.413. The largest absolute Gasteiger partial charge is 0.497 e. The molecule has 0 aliphatic heterocycles. The van der Waals surface area contributed by atoms with E-state index in [-0.39, 0.29) is 5.25 Å². The van der Waals surface area contributed by atoms with Crippen LogP contribution >= 0.6 is 11.8 Å². The van der Waals surface area contributed by atoms with Crippen molar-refractivity contribution in [3.63, 3.8) is 0 Å². The molecule has 0 bridgehead atoms. The van der Waals surface area contributed by atoms with Crippen LogP contribution in [-0.4, -0.2) is 27.5 Å². The van der Waals surface area contributed by atoms with E-state index in [4.69, 9.17) is 13.6 Å². The van der Waals surface area contributed by atoms with Crippen molar-refractivity contribution in [2.24, 2.45) is 0 Å². The second-order valence-corrected chi connectivity index (χ2v) is 7.85. The Morgan fingerprint density at radius 1 is 0.931 bits per heavy atom. The first kappa shape index (κ1) is 19.2. The molecule has 0 saturated heterocycles. The van der Waals surface area contributed by atoms with Crippen molar-refractivity contribution >= 4 is 11.8 Å². The molecule has 1 atom stereocenters. The fourth-order valence-electron chi connectivity index (χ4n) is 2.69. The third-order valence-electron chi connectivity index (χ3n) is 4.33. The number of rotatable bonds is 7. The van der Waals surface area contributed by atoms with Crippen molar-refractivity contribution < 1.29 is 13.6 Å². The van der Waals surface area contributed by atoms with Gasteiger partial charge in [0.25, 0.3) is 5.22 Å². The highest BCUT2D eigenvalue weighted by atomic mass is 32.2. The summed E-state index contributed by atoms with van der Waals surface area (Å²) in [5, 5.41) is 16.9. The quantitative estimate of drug-likeness (QED) is 0.400. The van der Waals surface area contributed by atoms with Gasteiger partial charge < -0.3 is 13.6 Å². The fraction of sp³-hybridized carbons (Fsp3) is 0.238. The molecule has 148 valence electrons. The van der Waals surface area contributed by atoms with Gasteiger partial charge in [0.05, 0.1) is 18.8 Å². The van der Waals surface area contributed by atoms with Gasteiger partial charge >= 0.3 is 0 Å². The van der Waals surface area contributed by atoms with E-state index in [0.29, 0.717) is 29.3 Å². The number of methoxy groups -OCH3 is 1. The number of ether oxygens (including phenoxy) is 1. The van der Waals surface area contributed by atoms with Gasteiger partial charge in [-0.3, -0.25) is 0 Å². The van der Waals surface area contributed by atoms with Crippen molar-refractivity contribution in [1.82, 2.24) is 20.4 Å². The highest BCUT2D eigenvalue weighted by Gasteiger charge is 2.19. The average molecular weight is 408 g/mol. The zero-order valence-electron chi connectivity index (χ0n) is 16.3. The minimum Gasteiger partial charge on any atom is -0.497 e. The number of aromatic nitrogens is 4. The normalized spacial score (nSPS) is 12.1. The maximum Gasteiger partial charge on any atom is 0.277 e. The van der Waals surface area contributed by atoms with Crippen LogP contribution in [0.2, 0.25) is 0 Å². The molecular weight excluding hydrogens is 388 g/mol. The van der Waals surface area contributed by atoms with Gasteiger partial charge in [-0.25, -0.2) is 0 Å². The molecule has 2 aromatic heterocycles. The van der Waals surface area contributed by atoms with Gasteiger partial charge in [0.15, 0.2) is 0 Å². The molecule has 0 radical (unpaired) electrons. The van der Waals surface area contributed by atoms with Crippen LogP contribution in [0, 0.1) is 6.92 Å². The van der Waals surface area contributed by atoms with Gasteiger partial charge in [0.1, 0.15) is 5.75 Å². The molecule has 0 aliphatic rings. The van der Waals surface area contributed by atoms with Gasteiger partial charge in [-0.05, 0) is 43.7 Å². The summed E-state index contributed by atoms with van der Waals surface area (Å²) in [5.41, 5.74) is 3.14. The van der Waals surface area contributed by atoms with Crippen molar-refractivity contribution in [2.75, 3.05) is 7.11 Å². The third kappa shape index (κ3) is 4.65. The van der Waals surface area contributed by atoms with E-state index in [1.807, 2.05) is 62.4 Å². The highest BCUT2D eigenvalue weighted by molar-refractivity contribution is 7.99. The Morgan fingerprint density at radius 3 is 2.41 bits per heavy atom. The van der Waals surface area contributed by atoms with Crippen LogP contribution in [0.3, 0.4) is 0 Å². The smallest absolute Gasteiger partial charge is 0.277 e. The lowest BCUT2D eigenvalue weighted by atomic mass is 10.1. The SMILES string of the molecule is COc1ccc(Cc2nnc(S[C@H](C)c3nnc(-c4ccc(C)cc4)o3)o2)cc1. The lowest BCUT2D eigenvalue weighted by Crippen LogP contribution is -1.89. The molecule has 0 spiro atoms. The second kappa shape index (κ2) is 8.48. The standard InChI is InChI=1S/C21H20N4O3S/c1-13-4-8-16(9-5-13)20-24-23-19(28-20)14(2)29-21-25-22-18(27-21)12-15-6-10-17(26-3)11-7-15/h4-11,14H,12H2,1-3H3/t14-/m1/s1. The zero-order chi connectivity index (χ0) is 20.2. The van der Waals surface area contributed by atoms with Gasteiger partial charge in [-0.15, -0.1) is 20.4 Å². The van der Waals surface area contributed by atoms with Crippen LogP contribution in [0.1, 0.15) is 35.1 Å². The van der Waals surface area contributed by atoms with Gasteiger partial charge in [-0.2, -0.15) is 0 Å². The summed E-state index contributed by atoms with van der Waals surface area (Å²) in [5.74, 6) is 2.38. The van der Waals surface area contributed by atoms with Crippen LogP contribution in [0.25, 0.3) is 11.5 Å². The van der Waals surface area contributed by atoms with Crippen molar-refractivity contribution in [3.8, 4) is 17.2 Å².